The molecule has 1 saturated carbocycles. The molecule has 3 heteroatoms. The molecule has 0 spiro atoms. The minimum Gasteiger partial charge on any atom is -0.466 e. The molecule has 1 aliphatic carbocycles. The van der Waals surface area contributed by atoms with Crippen LogP contribution in [0.5, 0.6) is 0 Å². The van der Waals surface area contributed by atoms with E-state index in [9.17, 15) is 4.79 Å². The van der Waals surface area contributed by atoms with Crippen LogP contribution in [-0.2, 0) is 14.3 Å². The van der Waals surface area contributed by atoms with Gasteiger partial charge in [-0.05, 0) is 24.8 Å². The SMILES string of the molecule is COC(=O)/C=C/[C@@H]1O[C@H]1C1CCCCC1. The predicted molar refractivity (Wildman–Crippen MR) is 56.4 cm³/mol. The maximum absolute atomic E-state index is 10.9. The number of hydrogen-bond acceptors (Lipinski definition) is 3. The lowest BCUT2D eigenvalue weighted by Crippen LogP contribution is -2.14. The van der Waals surface area contributed by atoms with Gasteiger partial charge in [0.05, 0.1) is 13.2 Å². The molecular formula is C12H18O3. The first-order valence-electron chi connectivity index (χ1n) is 5.73. The number of methoxy groups -OCH3 is 1. The van der Waals surface area contributed by atoms with Gasteiger partial charge < -0.3 is 9.47 Å². The molecule has 2 fully saturated rings. The van der Waals surface area contributed by atoms with Gasteiger partial charge in [0.25, 0.3) is 0 Å². The second-order valence-corrected chi connectivity index (χ2v) is 4.35. The van der Waals surface area contributed by atoms with Crippen LogP contribution in [0.4, 0.5) is 0 Å². The molecule has 0 unspecified atom stereocenters. The minimum absolute atomic E-state index is 0.159. The Bertz CT molecular complexity index is 254. The highest BCUT2D eigenvalue weighted by Crippen LogP contribution is 2.38. The third kappa shape index (κ3) is 2.81. The fourth-order valence-electron chi connectivity index (χ4n) is 2.37. The second kappa shape index (κ2) is 4.79. The largest absolute Gasteiger partial charge is 0.466 e. The van der Waals surface area contributed by atoms with Crippen molar-refractivity contribution in [3.8, 4) is 0 Å². The Labute approximate surface area is 90.4 Å². The number of esters is 1. The highest BCUT2D eigenvalue weighted by Gasteiger charge is 2.42. The van der Waals surface area contributed by atoms with Gasteiger partial charge in [0.1, 0.15) is 6.10 Å². The number of carbonyl (C=O) groups is 1. The van der Waals surface area contributed by atoms with Crippen molar-refractivity contribution in [1.82, 2.24) is 0 Å². The van der Waals surface area contributed by atoms with Gasteiger partial charge in [-0.1, -0.05) is 19.3 Å². The van der Waals surface area contributed by atoms with Crippen LogP contribution in [0.3, 0.4) is 0 Å². The lowest BCUT2D eigenvalue weighted by Gasteiger charge is -2.19. The molecular weight excluding hydrogens is 192 g/mol. The van der Waals surface area contributed by atoms with Gasteiger partial charge in [-0.2, -0.15) is 0 Å². The van der Waals surface area contributed by atoms with Crippen molar-refractivity contribution in [2.45, 2.75) is 44.3 Å². The monoisotopic (exact) mass is 210 g/mol. The lowest BCUT2D eigenvalue weighted by molar-refractivity contribution is -0.134. The predicted octanol–water partition coefficient (Wildman–Crippen LogP) is 2.06. The molecule has 0 amide bonds. The van der Waals surface area contributed by atoms with Crippen molar-refractivity contribution < 1.29 is 14.3 Å². The summed E-state index contributed by atoms with van der Waals surface area (Å²) >= 11 is 0. The summed E-state index contributed by atoms with van der Waals surface area (Å²) in [6.07, 6.45) is 10.4. The molecule has 2 rings (SSSR count). The summed E-state index contributed by atoms with van der Waals surface area (Å²) in [4.78, 5) is 10.9. The van der Waals surface area contributed by atoms with Crippen molar-refractivity contribution >= 4 is 5.97 Å². The first-order chi connectivity index (χ1) is 7.31. The standard InChI is InChI=1S/C12H18O3/c1-14-11(13)8-7-10-12(15-10)9-5-3-2-4-6-9/h7-10,12H,2-6H2,1H3/b8-7+/t10-,12-/m0/s1. The molecule has 0 aromatic rings. The first kappa shape index (κ1) is 10.7. The Hall–Kier alpha value is -0.830. The molecule has 1 aliphatic heterocycles. The molecule has 0 N–H and O–H groups in total. The smallest absolute Gasteiger partial charge is 0.330 e. The van der Waals surface area contributed by atoms with E-state index in [1.807, 2.05) is 6.08 Å². The fraction of sp³-hybridized carbons (Fsp3) is 0.750. The van der Waals surface area contributed by atoms with Gasteiger partial charge in [-0.25, -0.2) is 4.79 Å². The maximum Gasteiger partial charge on any atom is 0.330 e. The number of ether oxygens (including phenoxy) is 2. The Morgan fingerprint density at radius 1 is 1.33 bits per heavy atom. The van der Waals surface area contributed by atoms with E-state index in [0.29, 0.717) is 12.0 Å². The number of rotatable bonds is 3. The third-order valence-corrected chi connectivity index (χ3v) is 3.30. The zero-order chi connectivity index (χ0) is 10.7. The van der Waals surface area contributed by atoms with Crippen LogP contribution in [0.25, 0.3) is 0 Å². The minimum atomic E-state index is -0.298. The van der Waals surface area contributed by atoms with Crippen LogP contribution in [-0.4, -0.2) is 25.3 Å². The average molecular weight is 210 g/mol. The maximum atomic E-state index is 10.9. The summed E-state index contributed by atoms with van der Waals surface area (Å²) in [7, 11) is 1.39. The van der Waals surface area contributed by atoms with E-state index in [1.54, 1.807) is 0 Å². The Kier molecular flexibility index (Phi) is 3.41. The third-order valence-electron chi connectivity index (χ3n) is 3.30. The van der Waals surface area contributed by atoms with Crippen LogP contribution in [0.15, 0.2) is 12.2 Å². The van der Waals surface area contributed by atoms with Crippen LogP contribution in [0.2, 0.25) is 0 Å². The lowest BCUT2D eigenvalue weighted by atomic mass is 9.86. The normalized spacial score (nSPS) is 31.8. The van der Waals surface area contributed by atoms with Gasteiger partial charge in [-0.3, -0.25) is 0 Å². The highest BCUT2D eigenvalue weighted by molar-refractivity contribution is 5.81. The van der Waals surface area contributed by atoms with Crippen LogP contribution in [0.1, 0.15) is 32.1 Å². The molecule has 0 aromatic heterocycles. The quantitative estimate of drug-likeness (QED) is 0.406. The summed E-state index contributed by atoms with van der Waals surface area (Å²) in [6.45, 7) is 0. The van der Waals surface area contributed by atoms with Crippen molar-refractivity contribution in [3.05, 3.63) is 12.2 Å². The number of hydrogen-bond donors (Lipinski definition) is 0. The van der Waals surface area contributed by atoms with E-state index in [-0.39, 0.29) is 12.1 Å². The molecule has 3 nitrogen and oxygen atoms in total. The Morgan fingerprint density at radius 3 is 2.73 bits per heavy atom. The number of carbonyl (C=O) groups excluding carboxylic acids is 1. The molecule has 2 atom stereocenters. The summed E-state index contributed by atoms with van der Waals surface area (Å²) in [5.74, 6) is 0.416. The molecule has 1 heterocycles. The van der Waals surface area contributed by atoms with Gasteiger partial charge in [-0.15, -0.1) is 0 Å². The Morgan fingerprint density at radius 2 is 2.07 bits per heavy atom. The molecule has 15 heavy (non-hydrogen) atoms. The molecule has 2 aliphatic rings. The van der Waals surface area contributed by atoms with Crippen LogP contribution < -0.4 is 0 Å². The average Bonchev–Trinajstić information content (AvgIpc) is 3.06. The fourth-order valence-corrected chi connectivity index (χ4v) is 2.37. The second-order valence-electron chi connectivity index (χ2n) is 4.35. The van der Waals surface area contributed by atoms with Gasteiger partial charge >= 0.3 is 5.97 Å². The molecule has 84 valence electrons. The van der Waals surface area contributed by atoms with Crippen molar-refractivity contribution in [2.75, 3.05) is 7.11 Å². The summed E-state index contributed by atoms with van der Waals surface area (Å²) in [5, 5.41) is 0. The summed E-state index contributed by atoms with van der Waals surface area (Å²) in [5.41, 5.74) is 0. The van der Waals surface area contributed by atoms with Crippen molar-refractivity contribution in [2.24, 2.45) is 5.92 Å². The van der Waals surface area contributed by atoms with Gasteiger partial charge in [0, 0.05) is 6.08 Å². The zero-order valence-corrected chi connectivity index (χ0v) is 9.15. The zero-order valence-electron chi connectivity index (χ0n) is 9.15. The summed E-state index contributed by atoms with van der Waals surface area (Å²) in [6, 6.07) is 0. The van der Waals surface area contributed by atoms with E-state index in [1.165, 1.54) is 45.3 Å². The molecule has 0 aromatic carbocycles. The Balaban J connectivity index is 1.75. The van der Waals surface area contributed by atoms with Crippen molar-refractivity contribution in [3.63, 3.8) is 0 Å². The first-order valence-corrected chi connectivity index (χ1v) is 5.73. The van der Waals surface area contributed by atoms with E-state index < -0.39 is 0 Å². The molecule has 1 saturated heterocycles. The molecule has 0 radical (unpaired) electrons. The van der Waals surface area contributed by atoms with Gasteiger partial charge in [0.2, 0.25) is 0 Å². The van der Waals surface area contributed by atoms with E-state index in [4.69, 9.17) is 4.74 Å². The van der Waals surface area contributed by atoms with Crippen LogP contribution >= 0.6 is 0 Å². The van der Waals surface area contributed by atoms with E-state index >= 15 is 0 Å². The van der Waals surface area contributed by atoms with Crippen LogP contribution in [0, 0.1) is 5.92 Å². The summed E-state index contributed by atoms with van der Waals surface area (Å²) < 4.78 is 10.1. The number of epoxide rings is 1. The topological polar surface area (TPSA) is 38.8 Å². The van der Waals surface area contributed by atoms with Gasteiger partial charge in [0.15, 0.2) is 0 Å². The highest BCUT2D eigenvalue weighted by atomic mass is 16.6. The van der Waals surface area contributed by atoms with E-state index in [2.05, 4.69) is 4.74 Å². The molecule has 0 bridgehead atoms. The van der Waals surface area contributed by atoms with E-state index in [0.717, 1.165) is 0 Å². The van der Waals surface area contributed by atoms with Crippen molar-refractivity contribution in [1.29, 1.82) is 0 Å².